The molecule has 0 amide bonds. The number of carboxylic acids is 1. The van der Waals surface area contributed by atoms with Crippen LogP contribution in [0, 0.1) is 7.14 Å². The Morgan fingerprint density at radius 1 is 1.00 bits per heavy atom. The maximum atomic E-state index is 11.0. The number of halogens is 3. The molecule has 0 fully saturated rings. The number of rotatable bonds is 6. The third-order valence-corrected chi connectivity index (χ3v) is 5.80. The average Bonchev–Trinajstić information content (AvgIpc) is 2.66. The van der Waals surface area contributed by atoms with Gasteiger partial charge in [0.25, 0.3) is 0 Å². The van der Waals surface area contributed by atoms with Gasteiger partial charge in [-0.05, 0) is 105 Å². The van der Waals surface area contributed by atoms with Crippen molar-refractivity contribution >= 4 is 68.1 Å². The first-order valence-electron chi connectivity index (χ1n) is 8.51. The highest BCUT2D eigenvalue weighted by molar-refractivity contribution is 14.1. The molecule has 3 aromatic rings. The lowest BCUT2D eigenvalue weighted by Crippen LogP contribution is -2.32. The van der Waals surface area contributed by atoms with Crippen molar-refractivity contribution < 1.29 is 30.3 Å². The normalized spacial score (nSPS) is 11.1. The number of benzene rings is 3. The van der Waals surface area contributed by atoms with Crippen LogP contribution in [-0.4, -0.2) is 32.8 Å². The summed E-state index contributed by atoms with van der Waals surface area (Å²) in [5.41, 5.74) is 7.77. The van der Waals surface area contributed by atoms with Crippen LogP contribution in [-0.2, 0) is 11.2 Å². The smallest absolute Gasteiger partial charge is 0.320 e. The van der Waals surface area contributed by atoms with Gasteiger partial charge in [0.2, 0.25) is 0 Å². The second-order valence-electron chi connectivity index (χ2n) is 6.37. The number of phenolic OH excluding ortho intramolecular Hbond substituents is 2. The van der Waals surface area contributed by atoms with Crippen LogP contribution in [0.3, 0.4) is 0 Å². The number of nitrogens with two attached hydrogens (primary N) is 1. The van der Waals surface area contributed by atoms with Gasteiger partial charge in [0.05, 0.1) is 7.14 Å². The zero-order chi connectivity index (χ0) is 21.1. The summed E-state index contributed by atoms with van der Waals surface area (Å²) >= 11 is 4.28. The summed E-state index contributed by atoms with van der Waals surface area (Å²) in [5.74, 6) is 0.386. The first-order chi connectivity index (χ1) is 13.7. The van der Waals surface area contributed by atoms with Crippen molar-refractivity contribution in [3.63, 3.8) is 0 Å². The third kappa shape index (κ3) is 6.94. The third-order valence-electron chi connectivity index (χ3n) is 4.20. The Hall–Kier alpha value is -1.61. The van der Waals surface area contributed by atoms with E-state index in [-0.39, 0.29) is 40.4 Å². The standard InChI is InChI=1S/C21H17I2NO5.BrH.H2O/c22-16-7-11(9-18(24)21(27)28)8-17(23)20(16)29-14-5-6-19(26)15(10-14)12-1-3-13(25)4-2-12;;/h1-8,10,18,25-26H,9,24H2,(H,27,28);1H;1H2. The maximum Gasteiger partial charge on any atom is 0.320 e. The van der Waals surface area contributed by atoms with Gasteiger partial charge in [-0.1, -0.05) is 12.1 Å². The molecule has 7 N–H and O–H groups in total. The Bertz CT molecular complexity index is 1040. The zero-order valence-electron chi connectivity index (χ0n) is 15.9. The van der Waals surface area contributed by atoms with E-state index < -0.39 is 12.0 Å². The number of carboxylic acid groups (broad SMARTS) is 1. The van der Waals surface area contributed by atoms with Gasteiger partial charge < -0.3 is 31.3 Å². The van der Waals surface area contributed by atoms with Crippen LogP contribution >= 0.6 is 62.2 Å². The van der Waals surface area contributed by atoms with Crippen LogP contribution in [0.2, 0.25) is 0 Å². The Labute approximate surface area is 216 Å². The Morgan fingerprint density at radius 3 is 2.13 bits per heavy atom. The molecular weight excluding hydrogens is 696 g/mol. The summed E-state index contributed by atoms with van der Waals surface area (Å²) in [6.45, 7) is 0. The summed E-state index contributed by atoms with van der Waals surface area (Å²) in [4.78, 5) is 11.0. The number of hydrogen-bond donors (Lipinski definition) is 4. The van der Waals surface area contributed by atoms with Gasteiger partial charge in [0, 0.05) is 5.56 Å². The molecule has 166 valence electrons. The molecule has 0 aliphatic rings. The van der Waals surface area contributed by atoms with Crippen molar-refractivity contribution in [3.05, 3.63) is 67.3 Å². The van der Waals surface area contributed by atoms with Crippen molar-refractivity contribution in [2.24, 2.45) is 5.73 Å². The average molecular weight is 716 g/mol. The second kappa shape index (κ2) is 11.9. The summed E-state index contributed by atoms with van der Waals surface area (Å²) < 4.78 is 7.71. The lowest BCUT2D eigenvalue weighted by atomic mass is 10.0. The van der Waals surface area contributed by atoms with Crippen molar-refractivity contribution in [2.75, 3.05) is 0 Å². The van der Waals surface area contributed by atoms with E-state index >= 15 is 0 Å². The van der Waals surface area contributed by atoms with Gasteiger partial charge in [-0.2, -0.15) is 0 Å². The summed E-state index contributed by atoms with van der Waals surface area (Å²) in [6.07, 6.45) is 0.228. The quantitative estimate of drug-likeness (QED) is 0.277. The molecule has 10 heteroatoms. The van der Waals surface area contributed by atoms with Gasteiger partial charge >= 0.3 is 5.97 Å². The molecule has 0 heterocycles. The topological polar surface area (TPSA) is 145 Å². The predicted octanol–water partition coefficient (Wildman–Crippen LogP) is 4.47. The monoisotopic (exact) mass is 715 g/mol. The van der Waals surface area contributed by atoms with E-state index in [1.54, 1.807) is 42.5 Å². The minimum atomic E-state index is -1.04. The highest BCUT2D eigenvalue weighted by atomic mass is 127. The Morgan fingerprint density at radius 2 is 1.58 bits per heavy atom. The molecule has 1 unspecified atom stereocenters. The molecule has 0 aromatic heterocycles. The SMILES string of the molecule is Br.NC(Cc1cc(I)c(Oc2ccc(O)c(-c3ccc(O)cc3)c2)c(I)c1)C(=O)O.O. The van der Waals surface area contributed by atoms with Crippen molar-refractivity contribution in [3.8, 4) is 34.1 Å². The highest BCUT2D eigenvalue weighted by Crippen LogP contribution is 2.37. The molecule has 31 heavy (non-hydrogen) atoms. The van der Waals surface area contributed by atoms with Crippen molar-refractivity contribution in [1.82, 2.24) is 0 Å². The number of ether oxygens (including phenoxy) is 1. The predicted molar refractivity (Wildman–Crippen MR) is 140 cm³/mol. The molecule has 0 saturated heterocycles. The van der Waals surface area contributed by atoms with Crippen LogP contribution in [0.25, 0.3) is 11.1 Å². The second-order valence-corrected chi connectivity index (χ2v) is 8.69. The van der Waals surface area contributed by atoms with E-state index in [1.165, 1.54) is 0 Å². The first-order valence-corrected chi connectivity index (χ1v) is 10.7. The molecule has 3 aromatic carbocycles. The molecular formula is C21H20BrI2NO6. The summed E-state index contributed by atoms with van der Waals surface area (Å²) in [6, 6.07) is 14.2. The minimum absolute atomic E-state index is 0. The molecule has 0 spiro atoms. The van der Waals surface area contributed by atoms with Crippen LogP contribution in [0.15, 0.2) is 54.6 Å². The molecule has 0 aliphatic heterocycles. The number of carbonyl (C=O) groups is 1. The fourth-order valence-electron chi connectivity index (χ4n) is 2.74. The van der Waals surface area contributed by atoms with E-state index in [4.69, 9.17) is 15.6 Å². The number of aliphatic carboxylic acids is 1. The van der Waals surface area contributed by atoms with Crippen LogP contribution < -0.4 is 10.5 Å². The molecule has 0 bridgehead atoms. The molecule has 3 rings (SSSR count). The van der Waals surface area contributed by atoms with Crippen LogP contribution in [0.1, 0.15) is 5.56 Å². The van der Waals surface area contributed by atoms with Crippen molar-refractivity contribution in [1.29, 1.82) is 0 Å². The lowest BCUT2D eigenvalue weighted by Gasteiger charge is -2.14. The molecule has 0 radical (unpaired) electrons. The van der Waals surface area contributed by atoms with Gasteiger partial charge in [0.1, 0.15) is 23.3 Å². The van der Waals surface area contributed by atoms with Gasteiger partial charge in [-0.25, -0.2) is 0 Å². The first kappa shape index (κ1) is 27.4. The van der Waals surface area contributed by atoms with Crippen LogP contribution in [0.5, 0.6) is 23.0 Å². The van der Waals surface area contributed by atoms with E-state index in [2.05, 4.69) is 45.2 Å². The van der Waals surface area contributed by atoms with E-state index in [1.807, 2.05) is 12.1 Å². The number of phenols is 2. The molecule has 0 saturated carbocycles. The molecule has 0 aliphatic carbocycles. The number of aromatic hydroxyl groups is 2. The lowest BCUT2D eigenvalue weighted by molar-refractivity contribution is -0.138. The van der Waals surface area contributed by atoms with Crippen molar-refractivity contribution in [2.45, 2.75) is 12.5 Å². The van der Waals surface area contributed by atoms with Gasteiger partial charge in [0.15, 0.2) is 5.75 Å². The maximum absolute atomic E-state index is 11.0. The fourth-order valence-corrected chi connectivity index (χ4v) is 4.85. The zero-order valence-corrected chi connectivity index (χ0v) is 21.9. The van der Waals surface area contributed by atoms with Crippen LogP contribution in [0.4, 0.5) is 0 Å². The minimum Gasteiger partial charge on any atom is -0.508 e. The van der Waals surface area contributed by atoms with Gasteiger partial charge in [-0.3, -0.25) is 4.79 Å². The summed E-state index contributed by atoms with van der Waals surface area (Å²) in [5, 5.41) is 28.7. The highest BCUT2D eigenvalue weighted by Gasteiger charge is 2.16. The Kier molecular flexibility index (Phi) is 10.5. The summed E-state index contributed by atoms with van der Waals surface area (Å²) in [7, 11) is 0. The van der Waals surface area contributed by atoms with E-state index in [9.17, 15) is 15.0 Å². The molecule has 7 nitrogen and oxygen atoms in total. The number of hydrogen-bond acceptors (Lipinski definition) is 5. The van der Waals surface area contributed by atoms with E-state index in [0.29, 0.717) is 17.1 Å². The molecule has 1 atom stereocenters. The van der Waals surface area contributed by atoms with E-state index in [0.717, 1.165) is 18.3 Å². The fraction of sp³-hybridized carbons (Fsp3) is 0.0952. The Balaban J connectivity index is 0.00000240. The van der Waals surface area contributed by atoms with Gasteiger partial charge in [-0.15, -0.1) is 17.0 Å². The largest absolute Gasteiger partial charge is 0.508 e.